The maximum absolute atomic E-state index is 12.2. The van der Waals surface area contributed by atoms with Crippen LogP contribution < -0.4 is 0 Å². The van der Waals surface area contributed by atoms with Crippen LogP contribution in [0, 0.1) is 6.20 Å². The summed E-state index contributed by atoms with van der Waals surface area (Å²) in [6.07, 6.45) is 3.52. The van der Waals surface area contributed by atoms with E-state index in [1.807, 2.05) is 0 Å². The minimum absolute atomic E-state index is 0.380. The Kier molecular flexibility index (Phi) is 2.58. The van der Waals surface area contributed by atoms with E-state index in [1.165, 1.54) is 4.31 Å². The molecule has 0 aliphatic carbocycles. The van der Waals surface area contributed by atoms with Crippen LogP contribution in [0.3, 0.4) is 0 Å². The molecule has 1 aromatic heterocycles. The summed E-state index contributed by atoms with van der Waals surface area (Å²) in [4.78, 5) is 0. The summed E-state index contributed by atoms with van der Waals surface area (Å²) in [5.41, 5.74) is 1.86. The SMILES string of the molecule is CC(C)(C)S(=O)(=O)N1CCc2[c]n[nH]c2C1. The van der Waals surface area contributed by atoms with Gasteiger partial charge in [-0.25, -0.2) is 8.42 Å². The lowest BCUT2D eigenvalue weighted by Gasteiger charge is -2.31. The number of aromatic amines is 1. The van der Waals surface area contributed by atoms with Crippen molar-refractivity contribution in [1.29, 1.82) is 0 Å². The van der Waals surface area contributed by atoms with Crippen LogP contribution in [0.2, 0.25) is 0 Å². The summed E-state index contributed by atoms with van der Waals surface area (Å²) in [5, 5.41) is 6.61. The highest BCUT2D eigenvalue weighted by atomic mass is 32.2. The van der Waals surface area contributed by atoms with Crippen LogP contribution in [0.5, 0.6) is 0 Å². The summed E-state index contributed by atoms with van der Waals surface area (Å²) in [6.45, 7) is 6.05. The number of hydrogen-bond acceptors (Lipinski definition) is 3. The molecule has 2 rings (SSSR count). The van der Waals surface area contributed by atoms with Crippen LogP contribution >= 0.6 is 0 Å². The topological polar surface area (TPSA) is 66.1 Å². The number of fused-ring (bicyclic) bond motifs is 1. The van der Waals surface area contributed by atoms with E-state index in [0.29, 0.717) is 19.5 Å². The quantitative estimate of drug-likeness (QED) is 0.788. The second-order valence-corrected chi connectivity index (χ2v) is 7.68. The van der Waals surface area contributed by atoms with Gasteiger partial charge in [-0.15, -0.1) is 0 Å². The molecule has 0 unspecified atom stereocenters. The molecule has 0 saturated heterocycles. The fourth-order valence-electron chi connectivity index (χ4n) is 1.72. The van der Waals surface area contributed by atoms with Gasteiger partial charge < -0.3 is 0 Å². The number of nitrogens with one attached hydrogen (secondary N) is 1. The van der Waals surface area contributed by atoms with Crippen molar-refractivity contribution in [3.8, 4) is 0 Å². The molecule has 5 nitrogen and oxygen atoms in total. The second kappa shape index (κ2) is 3.56. The number of rotatable bonds is 1. The zero-order chi connectivity index (χ0) is 12.0. The van der Waals surface area contributed by atoms with Gasteiger partial charge in [0.25, 0.3) is 0 Å². The third-order valence-corrected chi connectivity index (χ3v) is 5.34. The van der Waals surface area contributed by atoms with Crippen molar-refractivity contribution < 1.29 is 8.42 Å². The number of sulfonamides is 1. The zero-order valence-electron chi connectivity index (χ0n) is 9.74. The molecule has 1 radical (unpaired) electrons. The maximum atomic E-state index is 12.2. The lowest BCUT2D eigenvalue weighted by Crippen LogP contribution is -2.45. The van der Waals surface area contributed by atoms with E-state index in [2.05, 4.69) is 16.4 Å². The molecule has 1 aliphatic rings. The summed E-state index contributed by atoms with van der Waals surface area (Å²) in [6, 6.07) is 0. The van der Waals surface area contributed by atoms with E-state index >= 15 is 0 Å². The van der Waals surface area contributed by atoms with Crippen LogP contribution in [0.4, 0.5) is 0 Å². The van der Waals surface area contributed by atoms with Gasteiger partial charge in [-0.1, -0.05) is 0 Å². The minimum atomic E-state index is -3.25. The number of nitrogens with zero attached hydrogens (tertiary/aromatic N) is 2. The molecule has 1 N–H and O–H groups in total. The lowest BCUT2D eigenvalue weighted by atomic mass is 10.1. The summed E-state index contributed by atoms with van der Waals surface area (Å²) in [5.74, 6) is 0. The van der Waals surface area contributed by atoms with Crippen LogP contribution in [0.1, 0.15) is 32.0 Å². The number of H-pyrrole nitrogens is 1. The molecular formula is C10H16N3O2S. The molecule has 6 heteroatoms. The van der Waals surface area contributed by atoms with Gasteiger partial charge in [0.2, 0.25) is 10.0 Å². The van der Waals surface area contributed by atoms with Gasteiger partial charge in [0.15, 0.2) is 0 Å². The average molecular weight is 242 g/mol. The molecule has 0 atom stereocenters. The van der Waals surface area contributed by atoms with E-state index in [0.717, 1.165) is 11.3 Å². The Hall–Kier alpha value is -0.880. The summed E-state index contributed by atoms with van der Waals surface area (Å²) < 4.78 is 25.2. The molecular weight excluding hydrogens is 226 g/mol. The fraction of sp³-hybridized carbons (Fsp3) is 0.700. The first-order valence-electron chi connectivity index (χ1n) is 5.26. The Bertz CT molecular complexity index is 484. The maximum Gasteiger partial charge on any atom is 0.219 e. The smallest absolute Gasteiger partial charge is 0.219 e. The monoisotopic (exact) mass is 242 g/mol. The van der Waals surface area contributed by atoms with Crippen molar-refractivity contribution in [2.75, 3.05) is 6.54 Å². The van der Waals surface area contributed by atoms with Crippen molar-refractivity contribution in [3.05, 3.63) is 17.5 Å². The van der Waals surface area contributed by atoms with Crippen LogP contribution in [0.15, 0.2) is 0 Å². The first-order valence-corrected chi connectivity index (χ1v) is 6.70. The van der Waals surface area contributed by atoms with Crippen LogP contribution in [0.25, 0.3) is 0 Å². The Morgan fingerprint density at radius 2 is 2.12 bits per heavy atom. The zero-order valence-corrected chi connectivity index (χ0v) is 10.6. The van der Waals surface area contributed by atoms with Gasteiger partial charge in [-0.3, -0.25) is 5.10 Å². The normalized spacial score (nSPS) is 18.4. The van der Waals surface area contributed by atoms with Crippen molar-refractivity contribution in [2.45, 2.75) is 38.5 Å². The molecule has 0 spiro atoms. The third-order valence-electron chi connectivity index (χ3n) is 2.81. The molecule has 0 bridgehead atoms. The van der Waals surface area contributed by atoms with E-state index in [1.54, 1.807) is 20.8 Å². The van der Waals surface area contributed by atoms with E-state index in [9.17, 15) is 8.42 Å². The molecule has 0 aromatic carbocycles. The van der Waals surface area contributed by atoms with E-state index in [-0.39, 0.29) is 0 Å². The lowest BCUT2D eigenvalue weighted by molar-refractivity contribution is 0.372. The van der Waals surface area contributed by atoms with Crippen molar-refractivity contribution in [3.63, 3.8) is 0 Å². The Morgan fingerprint density at radius 3 is 2.75 bits per heavy atom. The molecule has 16 heavy (non-hydrogen) atoms. The first kappa shape index (κ1) is 11.6. The number of aromatic nitrogens is 2. The van der Waals surface area contributed by atoms with Crippen molar-refractivity contribution in [2.24, 2.45) is 0 Å². The predicted molar refractivity (Wildman–Crippen MR) is 60.2 cm³/mol. The highest BCUT2D eigenvalue weighted by molar-refractivity contribution is 7.90. The molecule has 2 heterocycles. The molecule has 0 fully saturated rings. The molecule has 1 aromatic rings. The van der Waals surface area contributed by atoms with E-state index < -0.39 is 14.8 Å². The van der Waals surface area contributed by atoms with Crippen LogP contribution in [-0.4, -0.2) is 34.2 Å². The molecule has 89 valence electrons. The highest BCUT2D eigenvalue weighted by Crippen LogP contribution is 2.25. The standard InChI is InChI=1S/C10H16N3O2S/c1-10(2,3)16(14,15)13-5-4-8-6-11-12-9(8)7-13/h4-5,7H2,1-3H3,(H,11,12). The predicted octanol–water partition coefficient (Wildman–Crippen LogP) is 0.696. The third kappa shape index (κ3) is 1.76. The van der Waals surface area contributed by atoms with E-state index in [4.69, 9.17) is 0 Å². The average Bonchev–Trinajstić information content (AvgIpc) is 2.61. The summed E-state index contributed by atoms with van der Waals surface area (Å²) >= 11 is 0. The van der Waals surface area contributed by atoms with Gasteiger partial charge in [0.05, 0.1) is 17.0 Å². The number of hydrogen-bond donors (Lipinski definition) is 1. The van der Waals surface area contributed by atoms with Gasteiger partial charge in [-0.05, 0) is 27.2 Å². The molecule has 0 saturated carbocycles. The Balaban J connectivity index is 2.28. The van der Waals surface area contributed by atoms with Gasteiger partial charge >= 0.3 is 0 Å². The second-order valence-electron chi connectivity index (χ2n) is 4.99. The van der Waals surface area contributed by atoms with Crippen molar-refractivity contribution >= 4 is 10.0 Å². The van der Waals surface area contributed by atoms with Gasteiger partial charge in [0, 0.05) is 12.1 Å². The largest absolute Gasteiger partial charge is 0.280 e. The Labute approximate surface area is 95.9 Å². The molecule has 0 amide bonds. The Morgan fingerprint density at radius 1 is 1.44 bits per heavy atom. The van der Waals surface area contributed by atoms with Gasteiger partial charge in [0.1, 0.15) is 6.20 Å². The summed E-state index contributed by atoms with van der Waals surface area (Å²) in [7, 11) is -3.25. The highest BCUT2D eigenvalue weighted by Gasteiger charge is 2.37. The van der Waals surface area contributed by atoms with Crippen molar-refractivity contribution in [1.82, 2.24) is 14.5 Å². The van der Waals surface area contributed by atoms with Gasteiger partial charge in [-0.2, -0.15) is 9.40 Å². The molecule has 1 aliphatic heterocycles. The fourth-order valence-corrected chi connectivity index (χ4v) is 3.13. The first-order chi connectivity index (χ1) is 7.32. The minimum Gasteiger partial charge on any atom is -0.280 e. The van der Waals surface area contributed by atoms with Crippen LogP contribution in [-0.2, 0) is 23.0 Å².